The van der Waals surface area contributed by atoms with Crippen molar-refractivity contribution in [2.45, 2.75) is 6.92 Å². The molecule has 0 saturated heterocycles. The van der Waals surface area contributed by atoms with Crippen LogP contribution in [-0.4, -0.2) is 50.1 Å². The van der Waals surface area contributed by atoms with Crippen LogP contribution in [0.5, 0.6) is 0 Å². The van der Waals surface area contributed by atoms with E-state index in [0.29, 0.717) is 11.3 Å². The lowest BCUT2D eigenvalue weighted by molar-refractivity contribution is -0.141. The molecule has 0 radical (unpaired) electrons. The lowest BCUT2D eigenvalue weighted by atomic mass is 10.1. The lowest BCUT2D eigenvalue weighted by Crippen LogP contribution is -2.33. The Morgan fingerprint density at radius 3 is 2.24 bits per heavy atom. The average Bonchev–Trinajstić information content (AvgIpc) is 2.36. The predicted octanol–water partition coefficient (Wildman–Crippen LogP) is 0.851. The normalized spacial score (nSPS) is 12.5. The Morgan fingerprint density at radius 2 is 1.81 bits per heavy atom. The fourth-order valence-corrected chi connectivity index (χ4v) is 2.25. The Kier molecular flexibility index (Phi) is 5.31. The lowest BCUT2D eigenvalue weighted by Gasteiger charge is -2.19. The molecule has 0 aliphatic rings. The SMILES string of the molecule is CC(CN(C)C(=O)c1ccc(NS(C)(=O)=O)cc1)C(=O)O. The Morgan fingerprint density at radius 1 is 1.29 bits per heavy atom. The van der Waals surface area contributed by atoms with E-state index in [1.165, 1.54) is 43.1 Å². The van der Waals surface area contributed by atoms with Gasteiger partial charge < -0.3 is 10.0 Å². The zero-order valence-corrected chi connectivity index (χ0v) is 12.8. The zero-order valence-electron chi connectivity index (χ0n) is 12.0. The molecule has 21 heavy (non-hydrogen) atoms. The molecule has 1 atom stereocenters. The highest BCUT2D eigenvalue weighted by Gasteiger charge is 2.18. The number of carboxylic acids is 1. The highest BCUT2D eigenvalue weighted by atomic mass is 32.2. The van der Waals surface area contributed by atoms with Crippen molar-refractivity contribution in [2.75, 3.05) is 24.6 Å². The van der Waals surface area contributed by atoms with Gasteiger partial charge in [-0.1, -0.05) is 6.92 Å². The van der Waals surface area contributed by atoms with Crippen LogP contribution in [0.15, 0.2) is 24.3 Å². The molecule has 0 spiro atoms. The summed E-state index contributed by atoms with van der Waals surface area (Å²) < 4.78 is 24.4. The van der Waals surface area contributed by atoms with Gasteiger partial charge in [0.15, 0.2) is 0 Å². The molecule has 1 aromatic rings. The number of benzene rings is 1. The highest BCUT2D eigenvalue weighted by Crippen LogP contribution is 2.13. The summed E-state index contributed by atoms with van der Waals surface area (Å²) in [5.41, 5.74) is 0.713. The van der Waals surface area contributed by atoms with E-state index in [9.17, 15) is 18.0 Å². The summed E-state index contributed by atoms with van der Waals surface area (Å²) in [4.78, 5) is 24.2. The number of nitrogens with one attached hydrogen (secondary N) is 1. The van der Waals surface area contributed by atoms with Crippen LogP contribution in [0, 0.1) is 5.92 Å². The summed E-state index contributed by atoms with van der Waals surface area (Å²) in [5, 5.41) is 8.82. The molecule has 116 valence electrons. The minimum atomic E-state index is -3.36. The molecule has 8 heteroatoms. The third kappa shape index (κ3) is 5.42. The molecule has 0 aromatic heterocycles. The number of hydrogen-bond acceptors (Lipinski definition) is 4. The summed E-state index contributed by atoms with van der Waals surface area (Å²) in [6, 6.07) is 5.92. The number of hydrogen-bond donors (Lipinski definition) is 2. The number of nitrogens with zero attached hydrogens (tertiary/aromatic N) is 1. The summed E-state index contributed by atoms with van der Waals surface area (Å²) in [7, 11) is -1.84. The van der Waals surface area contributed by atoms with Crippen molar-refractivity contribution in [1.29, 1.82) is 0 Å². The first-order chi connectivity index (χ1) is 9.60. The second-order valence-corrected chi connectivity index (χ2v) is 6.62. The molecule has 2 N–H and O–H groups in total. The Bertz CT molecular complexity index is 624. The predicted molar refractivity (Wildman–Crippen MR) is 78.7 cm³/mol. The number of anilines is 1. The van der Waals surface area contributed by atoms with Gasteiger partial charge in [0.05, 0.1) is 12.2 Å². The van der Waals surface area contributed by atoms with Crippen LogP contribution in [0.3, 0.4) is 0 Å². The van der Waals surface area contributed by atoms with Crippen LogP contribution in [0.1, 0.15) is 17.3 Å². The van der Waals surface area contributed by atoms with Gasteiger partial charge >= 0.3 is 5.97 Å². The summed E-state index contributed by atoms with van der Waals surface area (Å²) in [6.45, 7) is 1.61. The van der Waals surface area contributed by atoms with Crippen molar-refractivity contribution in [3.05, 3.63) is 29.8 Å². The van der Waals surface area contributed by atoms with Crippen LogP contribution < -0.4 is 4.72 Å². The smallest absolute Gasteiger partial charge is 0.308 e. The molecule has 0 fully saturated rings. The molecule has 7 nitrogen and oxygen atoms in total. The number of aliphatic carboxylic acids is 1. The van der Waals surface area contributed by atoms with E-state index in [2.05, 4.69) is 4.72 Å². The fourth-order valence-electron chi connectivity index (χ4n) is 1.69. The van der Waals surface area contributed by atoms with Gasteiger partial charge in [-0.25, -0.2) is 8.42 Å². The monoisotopic (exact) mass is 314 g/mol. The maximum atomic E-state index is 12.1. The first-order valence-corrected chi connectivity index (χ1v) is 8.05. The number of carbonyl (C=O) groups excluding carboxylic acids is 1. The van der Waals surface area contributed by atoms with Crippen molar-refractivity contribution in [3.8, 4) is 0 Å². The number of rotatable bonds is 6. The average molecular weight is 314 g/mol. The molecule has 0 heterocycles. The molecular weight excluding hydrogens is 296 g/mol. The number of carboxylic acid groups (broad SMARTS) is 1. The van der Waals surface area contributed by atoms with Crippen LogP contribution in [0.2, 0.25) is 0 Å². The van der Waals surface area contributed by atoms with E-state index in [4.69, 9.17) is 5.11 Å². The minimum absolute atomic E-state index is 0.0947. The van der Waals surface area contributed by atoms with Gasteiger partial charge in [0.2, 0.25) is 10.0 Å². The van der Waals surface area contributed by atoms with Crippen molar-refractivity contribution in [2.24, 2.45) is 5.92 Å². The largest absolute Gasteiger partial charge is 0.481 e. The minimum Gasteiger partial charge on any atom is -0.481 e. The Labute approximate surface area is 123 Å². The van der Waals surface area contributed by atoms with Gasteiger partial charge in [0, 0.05) is 24.8 Å². The third-order valence-electron chi connectivity index (χ3n) is 2.75. The second kappa shape index (κ2) is 6.57. The van der Waals surface area contributed by atoms with Crippen LogP contribution in [0.4, 0.5) is 5.69 Å². The van der Waals surface area contributed by atoms with Crippen molar-refractivity contribution in [1.82, 2.24) is 4.90 Å². The van der Waals surface area contributed by atoms with Gasteiger partial charge in [-0.05, 0) is 24.3 Å². The molecule has 1 amide bonds. The third-order valence-corrected chi connectivity index (χ3v) is 3.36. The fraction of sp³-hybridized carbons (Fsp3) is 0.385. The molecule has 1 rings (SSSR count). The molecular formula is C13H18N2O5S. The van der Waals surface area contributed by atoms with Gasteiger partial charge in [-0.3, -0.25) is 14.3 Å². The van der Waals surface area contributed by atoms with E-state index in [-0.39, 0.29) is 12.5 Å². The van der Waals surface area contributed by atoms with Crippen LogP contribution >= 0.6 is 0 Å². The summed E-state index contributed by atoms with van der Waals surface area (Å²) in [5.74, 6) is -1.96. The Hall–Kier alpha value is -2.09. The summed E-state index contributed by atoms with van der Waals surface area (Å²) >= 11 is 0. The van der Waals surface area contributed by atoms with E-state index in [0.717, 1.165) is 6.26 Å². The van der Waals surface area contributed by atoms with Crippen LogP contribution in [0.25, 0.3) is 0 Å². The maximum absolute atomic E-state index is 12.1. The van der Waals surface area contributed by atoms with Gasteiger partial charge in [-0.2, -0.15) is 0 Å². The van der Waals surface area contributed by atoms with Gasteiger partial charge in [0.1, 0.15) is 0 Å². The van der Waals surface area contributed by atoms with E-state index < -0.39 is 21.9 Å². The first-order valence-electron chi connectivity index (χ1n) is 6.16. The maximum Gasteiger partial charge on any atom is 0.308 e. The van der Waals surface area contributed by atoms with Crippen molar-refractivity contribution < 1.29 is 23.1 Å². The van der Waals surface area contributed by atoms with E-state index in [1.807, 2.05) is 0 Å². The van der Waals surface area contributed by atoms with E-state index in [1.54, 1.807) is 0 Å². The van der Waals surface area contributed by atoms with E-state index >= 15 is 0 Å². The van der Waals surface area contributed by atoms with Crippen molar-refractivity contribution in [3.63, 3.8) is 0 Å². The summed E-state index contributed by atoms with van der Waals surface area (Å²) in [6.07, 6.45) is 1.03. The molecule has 0 aliphatic heterocycles. The standard InChI is InChI=1S/C13H18N2O5S/c1-9(13(17)18)8-15(2)12(16)10-4-6-11(7-5-10)14-21(3,19)20/h4-7,9,14H,8H2,1-3H3,(H,17,18). The number of sulfonamides is 1. The molecule has 0 aliphatic carbocycles. The molecule has 1 unspecified atom stereocenters. The first kappa shape index (κ1) is 17.0. The number of amides is 1. The number of carbonyl (C=O) groups is 2. The molecule has 0 saturated carbocycles. The van der Waals surface area contributed by atoms with Gasteiger partial charge in [0.25, 0.3) is 5.91 Å². The zero-order chi connectivity index (χ0) is 16.2. The highest BCUT2D eigenvalue weighted by molar-refractivity contribution is 7.92. The van der Waals surface area contributed by atoms with Crippen LogP contribution in [-0.2, 0) is 14.8 Å². The van der Waals surface area contributed by atoms with Crippen molar-refractivity contribution >= 4 is 27.6 Å². The Balaban J connectivity index is 2.77. The molecule has 0 bridgehead atoms. The topological polar surface area (TPSA) is 104 Å². The molecule has 1 aromatic carbocycles. The van der Waals surface area contributed by atoms with Gasteiger partial charge in [-0.15, -0.1) is 0 Å². The second-order valence-electron chi connectivity index (χ2n) is 4.88. The quantitative estimate of drug-likeness (QED) is 0.810.